The van der Waals surface area contributed by atoms with Crippen molar-refractivity contribution < 1.29 is 13.9 Å². The molecule has 32 heavy (non-hydrogen) atoms. The molecule has 0 radical (unpaired) electrons. The number of rotatable bonds is 7. The lowest BCUT2D eigenvalue weighted by Gasteiger charge is -2.13. The lowest BCUT2D eigenvalue weighted by atomic mass is 10.1. The summed E-state index contributed by atoms with van der Waals surface area (Å²) in [7, 11) is 1.61. The molecule has 1 aliphatic carbocycles. The van der Waals surface area contributed by atoms with Gasteiger partial charge in [0, 0.05) is 28.9 Å². The van der Waals surface area contributed by atoms with E-state index in [0.29, 0.717) is 45.8 Å². The molecule has 4 aromatic rings. The topological polar surface area (TPSA) is 65.7 Å². The normalized spacial score (nSPS) is 13.7. The van der Waals surface area contributed by atoms with Gasteiger partial charge in [-0.15, -0.1) is 11.3 Å². The first-order valence-electron chi connectivity index (χ1n) is 10.2. The molecule has 0 saturated heterocycles. The summed E-state index contributed by atoms with van der Waals surface area (Å²) in [5.74, 6) is 1.30. The molecule has 8 heteroatoms. The van der Waals surface area contributed by atoms with Crippen molar-refractivity contribution in [2.75, 3.05) is 13.7 Å². The summed E-state index contributed by atoms with van der Waals surface area (Å²) in [5, 5.41) is 1.80. The van der Waals surface area contributed by atoms with Gasteiger partial charge in [-0.3, -0.25) is 9.20 Å². The summed E-state index contributed by atoms with van der Waals surface area (Å²) >= 11 is 1.37. The maximum absolute atomic E-state index is 13.4. The van der Waals surface area contributed by atoms with Crippen LogP contribution in [0, 0.1) is 11.9 Å². The van der Waals surface area contributed by atoms with Gasteiger partial charge in [-0.1, -0.05) is 12.1 Å². The molecule has 162 valence electrons. The summed E-state index contributed by atoms with van der Waals surface area (Å²) in [5.41, 5.74) is 1.91. The molecule has 5 rings (SSSR count). The molecule has 0 bridgehead atoms. The molecule has 0 spiro atoms. The first kappa shape index (κ1) is 20.4. The quantitative estimate of drug-likeness (QED) is 0.375. The average Bonchev–Trinajstić information content (AvgIpc) is 3.52. The van der Waals surface area contributed by atoms with Crippen molar-refractivity contribution in [2.24, 2.45) is 5.92 Å². The number of halogens is 1. The summed E-state index contributed by atoms with van der Waals surface area (Å²) in [6.07, 6.45) is 9.03. The maximum atomic E-state index is 13.4. The second-order valence-electron chi connectivity index (χ2n) is 7.57. The fourth-order valence-corrected chi connectivity index (χ4v) is 4.16. The van der Waals surface area contributed by atoms with Crippen LogP contribution in [-0.4, -0.2) is 28.1 Å². The highest BCUT2D eigenvalue weighted by Crippen LogP contribution is 2.36. The van der Waals surface area contributed by atoms with E-state index in [-0.39, 0.29) is 5.56 Å². The number of methoxy groups -OCH3 is 1. The largest absolute Gasteiger partial charge is 0.493 e. The van der Waals surface area contributed by atoms with Crippen LogP contribution in [0.4, 0.5) is 4.39 Å². The van der Waals surface area contributed by atoms with E-state index in [1.807, 2.05) is 24.3 Å². The lowest BCUT2D eigenvalue weighted by Crippen LogP contribution is -2.17. The average molecular weight is 450 g/mol. The van der Waals surface area contributed by atoms with E-state index in [0.717, 1.165) is 5.56 Å². The van der Waals surface area contributed by atoms with Crippen molar-refractivity contribution in [3.63, 3.8) is 0 Å². The molecule has 1 aromatic carbocycles. The minimum absolute atomic E-state index is 0.236. The molecule has 3 heterocycles. The minimum atomic E-state index is -0.607. The van der Waals surface area contributed by atoms with Crippen LogP contribution < -0.4 is 15.0 Å². The molecule has 1 saturated carbocycles. The van der Waals surface area contributed by atoms with E-state index < -0.39 is 5.95 Å². The number of hydrogen-bond acceptors (Lipinski definition) is 6. The number of hydrogen-bond donors (Lipinski definition) is 0. The number of nitrogens with zero attached hydrogens (tertiary/aromatic N) is 3. The van der Waals surface area contributed by atoms with E-state index in [9.17, 15) is 9.18 Å². The second kappa shape index (κ2) is 8.55. The molecule has 0 atom stereocenters. The third kappa shape index (κ3) is 4.01. The van der Waals surface area contributed by atoms with Gasteiger partial charge in [0.05, 0.1) is 25.0 Å². The number of benzene rings is 1. The van der Waals surface area contributed by atoms with Gasteiger partial charge in [0.2, 0.25) is 5.95 Å². The van der Waals surface area contributed by atoms with Gasteiger partial charge in [0.25, 0.3) is 5.56 Å². The van der Waals surface area contributed by atoms with E-state index in [4.69, 9.17) is 9.47 Å². The van der Waals surface area contributed by atoms with Crippen LogP contribution >= 0.6 is 11.3 Å². The summed E-state index contributed by atoms with van der Waals surface area (Å²) in [6, 6.07) is 8.44. The van der Waals surface area contributed by atoms with E-state index in [2.05, 4.69) is 9.97 Å². The Hall–Kier alpha value is -3.52. The van der Waals surface area contributed by atoms with Crippen molar-refractivity contribution in [1.29, 1.82) is 0 Å². The summed E-state index contributed by atoms with van der Waals surface area (Å²) in [4.78, 5) is 22.1. The number of ether oxygens (including phenoxy) is 2. The van der Waals surface area contributed by atoms with Gasteiger partial charge in [0.15, 0.2) is 16.5 Å². The van der Waals surface area contributed by atoms with E-state index >= 15 is 0 Å². The van der Waals surface area contributed by atoms with E-state index in [1.54, 1.807) is 24.8 Å². The Morgan fingerprint density at radius 3 is 2.88 bits per heavy atom. The molecule has 6 nitrogen and oxygen atoms in total. The third-order valence-corrected chi connectivity index (χ3v) is 6.08. The standard InChI is InChI=1S/C24H20FN3O3S/c1-30-19-4-2-3-16(22(19)31-14-15-5-6-15)7-9-18-21(17-8-10-20(25)26-13-17)23(29)28-11-12-32-24(28)27-18/h2-4,7-13,15H,5-6,14H2,1H3. The minimum Gasteiger partial charge on any atom is -0.493 e. The number of thiazole rings is 1. The van der Waals surface area contributed by atoms with Gasteiger partial charge in [-0.2, -0.15) is 4.39 Å². The molecule has 1 fully saturated rings. The number of pyridine rings is 1. The second-order valence-corrected chi connectivity index (χ2v) is 8.44. The molecular formula is C24H20FN3O3S. The van der Waals surface area contributed by atoms with E-state index in [1.165, 1.54) is 46.9 Å². The zero-order chi connectivity index (χ0) is 22.1. The highest BCUT2D eigenvalue weighted by Gasteiger charge is 2.23. The predicted octanol–water partition coefficient (Wildman–Crippen LogP) is 4.92. The Labute approximate surface area is 187 Å². The van der Waals surface area contributed by atoms with Crippen molar-refractivity contribution in [3.8, 4) is 22.6 Å². The first-order valence-corrected chi connectivity index (χ1v) is 11.1. The first-order chi connectivity index (χ1) is 15.6. The van der Waals surface area contributed by atoms with Gasteiger partial charge >= 0.3 is 0 Å². The maximum Gasteiger partial charge on any atom is 0.267 e. The zero-order valence-corrected chi connectivity index (χ0v) is 18.1. The summed E-state index contributed by atoms with van der Waals surface area (Å²) < 4.78 is 26.4. The Bertz CT molecular complexity index is 1360. The fourth-order valence-electron chi connectivity index (χ4n) is 3.45. The van der Waals surface area contributed by atoms with Gasteiger partial charge in [-0.05, 0) is 49.1 Å². The predicted molar refractivity (Wildman–Crippen MR) is 123 cm³/mol. The van der Waals surface area contributed by atoms with Crippen molar-refractivity contribution in [3.05, 3.63) is 75.7 Å². The van der Waals surface area contributed by atoms with Crippen LogP contribution in [0.15, 0.2) is 52.9 Å². The SMILES string of the molecule is COc1cccc(C=Cc2nc3sccn3c(=O)c2-c2ccc(F)nc2)c1OCC1CC1. The van der Waals surface area contributed by atoms with Gasteiger partial charge in [-0.25, -0.2) is 9.97 Å². The van der Waals surface area contributed by atoms with Crippen LogP contribution in [0.25, 0.3) is 28.2 Å². The molecule has 0 aliphatic heterocycles. The molecule has 0 amide bonds. The van der Waals surface area contributed by atoms with Gasteiger partial charge in [0.1, 0.15) is 0 Å². The molecular weight excluding hydrogens is 429 g/mol. The van der Waals surface area contributed by atoms with Crippen molar-refractivity contribution >= 4 is 28.4 Å². The Morgan fingerprint density at radius 2 is 2.12 bits per heavy atom. The zero-order valence-electron chi connectivity index (χ0n) is 17.3. The Morgan fingerprint density at radius 1 is 1.25 bits per heavy atom. The number of fused-ring (bicyclic) bond motifs is 1. The fraction of sp³-hybridized carbons (Fsp3) is 0.208. The van der Waals surface area contributed by atoms with Gasteiger partial charge < -0.3 is 9.47 Å². The number of aromatic nitrogens is 3. The van der Waals surface area contributed by atoms with Crippen LogP contribution in [0.5, 0.6) is 11.5 Å². The smallest absolute Gasteiger partial charge is 0.267 e. The molecule has 0 unspecified atom stereocenters. The highest BCUT2D eigenvalue weighted by atomic mass is 32.1. The highest BCUT2D eigenvalue weighted by molar-refractivity contribution is 7.15. The third-order valence-electron chi connectivity index (χ3n) is 5.32. The lowest BCUT2D eigenvalue weighted by molar-refractivity contribution is 0.280. The van der Waals surface area contributed by atoms with Crippen LogP contribution in [0.1, 0.15) is 24.1 Å². The summed E-state index contributed by atoms with van der Waals surface area (Å²) in [6.45, 7) is 0.647. The van der Waals surface area contributed by atoms with Crippen LogP contribution in [0.3, 0.4) is 0 Å². The number of para-hydroxylation sites is 1. The van der Waals surface area contributed by atoms with Crippen molar-refractivity contribution in [2.45, 2.75) is 12.8 Å². The van der Waals surface area contributed by atoms with Crippen molar-refractivity contribution in [1.82, 2.24) is 14.4 Å². The monoisotopic (exact) mass is 449 g/mol. The van der Waals surface area contributed by atoms with Crippen LogP contribution in [-0.2, 0) is 0 Å². The Balaban J connectivity index is 1.60. The molecule has 1 aliphatic rings. The Kier molecular flexibility index (Phi) is 5.45. The molecule has 3 aromatic heterocycles. The molecule has 0 N–H and O–H groups in total. The van der Waals surface area contributed by atoms with Crippen LogP contribution in [0.2, 0.25) is 0 Å².